The molecule has 1 aromatic rings. The van der Waals surface area contributed by atoms with Gasteiger partial charge in [0.1, 0.15) is 11.3 Å². The highest BCUT2D eigenvalue weighted by Crippen LogP contribution is 2.27. The Kier molecular flexibility index (Phi) is 6.49. The fourth-order valence-electron chi connectivity index (χ4n) is 2.36. The molecule has 0 aliphatic heterocycles. The molecular weight excluding hydrogens is 274 g/mol. The van der Waals surface area contributed by atoms with Gasteiger partial charge in [-0.1, -0.05) is 45.7 Å². The number of hydrogen-bond donors (Lipinski definition) is 1. The van der Waals surface area contributed by atoms with E-state index < -0.39 is 5.54 Å². The maximum atomic E-state index is 12.1. The molecule has 0 aliphatic rings. The van der Waals surface area contributed by atoms with Crippen molar-refractivity contribution in [2.75, 3.05) is 6.61 Å². The number of aryl methyl sites for hydroxylation is 1. The van der Waals surface area contributed by atoms with Gasteiger partial charge in [0.25, 0.3) is 5.91 Å². The van der Waals surface area contributed by atoms with Crippen molar-refractivity contribution in [3.8, 4) is 18.1 Å². The maximum Gasteiger partial charge on any atom is 0.259 e. The lowest BCUT2D eigenvalue weighted by molar-refractivity contribution is -0.124. The van der Waals surface area contributed by atoms with E-state index in [1.807, 2.05) is 26.8 Å². The highest BCUT2D eigenvalue weighted by molar-refractivity contribution is 5.79. The number of amides is 1. The highest BCUT2D eigenvalue weighted by Gasteiger charge is 2.25. The van der Waals surface area contributed by atoms with Crippen molar-refractivity contribution < 1.29 is 9.53 Å². The molecule has 0 unspecified atom stereocenters. The number of nitrogens with one attached hydrogen (secondary N) is 1. The van der Waals surface area contributed by atoms with Gasteiger partial charge >= 0.3 is 0 Å². The van der Waals surface area contributed by atoms with Gasteiger partial charge in [0.15, 0.2) is 6.61 Å². The summed E-state index contributed by atoms with van der Waals surface area (Å²) in [6.07, 6.45) is 6.97. The van der Waals surface area contributed by atoms with Gasteiger partial charge in [-0.25, -0.2) is 0 Å². The Morgan fingerprint density at radius 3 is 2.50 bits per heavy atom. The molecule has 3 heteroatoms. The SMILES string of the molecule is C#CC(CC)(CC)NC(=O)COc1cc(C)ccc1C(C)C. The fraction of sp³-hybridized carbons (Fsp3) is 0.526. The predicted molar refractivity (Wildman–Crippen MR) is 91.1 cm³/mol. The summed E-state index contributed by atoms with van der Waals surface area (Å²) in [7, 11) is 0. The second-order valence-corrected chi connectivity index (χ2v) is 5.97. The lowest BCUT2D eigenvalue weighted by atomic mass is 9.94. The van der Waals surface area contributed by atoms with Crippen molar-refractivity contribution in [2.45, 2.75) is 58.9 Å². The van der Waals surface area contributed by atoms with E-state index in [4.69, 9.17) is 11.2 Å². The summed E-state index contributed by atoms with van der Waals surface area (Å²) in [5, 5.41) is 2.91. The molecule has 1 N–H and O–H groups in total. The van der Waals surface area contributed by atoms with Crippen LogP contribution in [0.4, 0.5) is 0 Å². The Hall–Kier alpha value is -1.95. The molecule has 0 atom stereocenters. The van der Waals surface area contributed by atoms with Crippen LogP contribution in [-0.2, 0) is 4.79 Å². The third-order valence-electron chi connectivity index (χ3n) is 4.01. The normalized spacial score (nSPS) is 11.1. The largest absolute Gasteiger partial charge is 0.483 e. The summed E-state index contributed by atoms with van der Waals surface area (Å²) in [4.78, 5) is 12.1. The van der Waals surface area contributed by atoms with Gasteiger partial charge in [-0.15, -0.1) is 6.42 Å². The minimum atomic E-state index is -0.575. The highest BCUT2D eigenvalue weighted by atomic mass is 16.5. The van der Waals surface area contributed by atoms with Crippen molar-refractivity contribution in [3.05, 3.63) is 29.3 Å². The smallest absolute Gasteiger partial charge is 0.259 e. The summed E-state index contributed by atoms with van der Waals surface area (Å²) < 4.78 is 5.74. The number of carbonyl (C=O) groups excluding carboxylic acids is 1. The summed E-state index contributed by atoms with van der Waals surface area (Å²) in [5.41, 5.74) is 1.64. The summed E-state index contributed by atoms with van der Waals surface area (Å²) in [6.45, 7) is 10.1. The second kappa shape index (κ2) is 7.89. The van der Waals surface area contributed by atoms with Crippen molar-refractivity contribution in [1.82, 2.24) is 5.32 Å². The van der Waals surface area contributed by atoms with Crippen LogP contribution in [0, 0.1) is 19.3 Å². The van der Waals surface area contributed by atoms with Gasteiger partial charge in [-0.3, -0.25) is 4.79 Å². The number of ether oxygens (including phenoxy) is 1. The first-order valence-corrected chi connectivity index (χ1v) is 7.89. The van der Waals surface area contributed by atoms with E-state index in [-0.39, 0.29) is 12.5 Å². The first kappa shape index (κ1) is 18.1. The average molecular weight is 301 g/mol. The molecule has 1 rings (SSSR count). The monoisotopic (exact) mass is 301 g/mol. The van der Waals surface area contributed by atoms with Crippen LogP contribution in [-0.4, -0.2) is 18.1 Å². The molecular formula is C19H27NO2. The second-order valence-electron chi connectivity index (χ2n) is 5.97. The van der Waals surface area contributed by atoms with Gasteiger partial charge in [-0.05, 0) is 42.9 Å². The molecule has 0 saturated carbocycles. The lowest BCUT2D eigenvalue weighted by Crippen LogP contribution is -2.48. The van der Waals surface area contributed by atoms with Crippen molar-refractivity contribution in [3.63, 3.8) is 0 Å². The number of benzene rings is 1. The predicted octanol–water partition coefficient (Wildman–Crippen LogP) is 3.81. The van der Waals surface area contributed by atoms with E-state index >= 15 is 0 Å². The summed E-state index contributed by atoms with van der Waals surface area (Å²) in [5.74, 6) is 3.62. The van der Waals surface area contributed by atoms with E-state index in [1.54, 1.807) is 0 Å². The van der Waals surface area contributed by atoms with E-state index in [1.165, 1.54) is 0 Å². The van der Waals surface area contributed by atoms with Gasteiger partial charge in [0.2, 0.25) is 0 Å². The topological polar surface area (TPSA) is 38.3 Å². The molecule has 0 fully saturated rings. The van der Waals surface area contributed by atoms with Crippen LogP contribution in [0.15, 0.2) is 18.2 Å². The molecule has 0 saturated heterocycles. The van der Waals surface area contributed by atoms with Gasteiger partial charge in [-0.2, -0.15) is 0 Å². The van der Waals surface area contributed by atoms with Crippen molar-refractivity contribution in [1.29, 1.82) is 0 Å². The molecule has 0 spiro atoms. The zero-order valence-electron chi connectivity index (χ0n) is 14.3. The van der Waals surface area contributed by atoms with Crippen LogP contribution in [0.5, 0.6) is 5.75 Å². The van der Waals surface area contributed by atoms with Crippen LogP contribution in [0.3, 0.4) is 0 Å². The molecule has 1 amide bonds. The minimum absolute atomic E-state index is 0.0212. The Morgan fingerprint density at radius 1 is 1.36 bits per heavy atom. The molecule has 120 valence electrons. The molecule has 0 aromatic heterocycles. The Labute approximate surface area is 134 Å². The minimum Gasteiger partial charge on any atom is -0.483 e. The molecule has 22 heavy (non-hydrogen) atoms. The first-order valence-electron chi connectivity index (χ1n) is 7.89. The van der Waals surface area contributed by atoms with Crippen molar-refractivity contribution in [2.24, 2.45) is 0 Å². The van der Waals surface area contributed by atoms with E-state index in [0.29, 0.717) is 18.8 Å². The van der Waals surface area contributed by atoms with Crippen molar-refractivity contribution >= 4 is 5.91 Å². The number of carbonyl (C=O) groups is 1. The molecule has 0 radical (unpaired) electrons. The summed E-state index contributed by atoms with van der Waals surface area (Å²) >= 11 is 0. The maximum absolute atomic E-state index is 12.1. The number of terminal acetylenes is 1. The Morgan fingerprint density at radius 2 is 2.00 bits per heavy atom. The first-order chi connectivity index (χ1) is 10.4. The third-order valence-corrected chi connectivity index (χ3v) is 4.01. The average Bonchev–Trinajstić information content (AvgIpc) is 2.50. The van der Waals surface area contributed by atoms with Crippen LogP contribution in [0.2, 0.25) is 0 Å². The molecule has 3 nitrogen and oxygen atoms in total. The molecule has 1 aromatic carbocycles. The molecule has 0 heterocycles. The van der Waals surface area contributed by atoms with Crippen LogP contribution in [0.25, 0.3) is 0 Å². The zero-order valence-corrected chi connectivity index (χ0v) is 14.3. The lowest BCUT2D eigenvalue weighted by Gasteiger charge is -2.27. The fourth-order valence-corrected chi connectivity index (χ4v) is 2.36. The van der Waals surface area contributed by atoms with E-state index in [9.17, 15) is 4.79 Å². The van der Waals surface area contributed by atoms with Gasteiger partial charge in [0.05, 0.1) is 0 Å². The third kappa shape index (κ3) is 4.53. The van der Waals surface area contributed by atoms with E-state index in [0.717, 1.165) is 16.9 Å². The van der Waals surface area contributed by atoms with Gasteiger partial charge < -0.3 is 10.1 Å². The molecule has 0 aliphatic carbocycles. The standard InChI is InChI=1S/C19H27NO2/c1-7-19(8-2,9-3)20-18(21)13-22-17-12-15(6)10-11-16(17)14(4)5/h1,10-12,14H,8-9,13H2,2-6H3,(H,20,21). The van der Waals surface area contributed by atoms with E-state index in [2.05, 4.69) is 37.2 Å². The van der Waals surface area contributed by atoms with Crippen LogP contribution >= 0.6 is 0 Å². The Balaban J connectivity index is 2.77. The molecule has 0 bridgehead atoms. The quantitative estimate of drug-likeness (QED) is 0.778. The van der Waals surface area contributed by atoms with Crippen LogP contribution < -0.4 is 10.1 Å². The van der Waals surface area contributed by atoms with Crippen LogP contribution in [0.1, 0.15) is 57.6 Å². The Bertz CT molecular complexity index is 551. The van der Waals surface area contributed by atoms with Gasteiger partial charge in [0, 0.05) is 0 Å². The zero-order chi connectivity index (χ0) is 16.8. The number of rotatable bonds is 7. The summed E-state index contributed by atoms with van der Waals surface area (Å²) in [6, 6.07) is 6.08. The number of hydrogen-bond acceptors (Lipinski definition) is 2.